The molecule has 1 aromatic rings. The maximum Gasteiger partial charge on any atom is 0.335 e. The Morgan fingerprint density at radius 1 is 1.45 bits per heavy atom. The van der Waals surface area contributed by atoms with Gasteiger partial charge in [0.25, 0.3) is 0 Å². The summed E-state index contributed by atoms with van der Waals surface area (Å²) in [5, 5.41) is 18.8. The van der Waals surface area contributed by atoms with Gasteiger partial charge in [0, 0.05) is 17.6 Å². The average Bonchev–Trinajstić information content (AvgIpc) is 2.34. The highest BCUT2D eigenvalue weighted by atomic mass is 79.9. The third kappa shape index (κ3) is 2.60. The Morgan fingerprint density at radius 3 is 2.55 bits per heavy atom. The molecule has 1 fully saturated rings. The zero-order valence-electron chi connectivity index (χ0n) is 10.7. The van der Waals surface area contributed by atoms with Gasteiger partial charge in [-0.15, -0.1) is 0 Å². The second-order valence-corrected chi connectivity index (χ2v) is 7.56. The second kappa shape index (κ2) is 5.10. The first-order chi connectivity index (χ1) is 9.19. The molecule has 1 aliphatic heterocycles. The van der Waals surface area contributed by atoms with Gasteiger partial charge >= 0.3 is 5.97 Å². The van der Waals surface area contributed by atoms with Crippen molar-refractivity contribution < 1.29 is 23.4 Å². The zero-order valence-corrected chi connectivity index (χ0v) is 13.1. The van der Waals surface area contributed by atoms with E-state index in [1.807, 2.05) is 0 Å². The summed E-state index contributed by atoms with van der Waals surface area (Å²) in [4.78, 5) is 10.8. The number of carboxylic acids is 1. The first kappa shape index (κ1) is 15.4. The van der Waals surface area contributed by atoms with Crippen LogP contribution in [0.5, 0.6) is 0 Å². The van der Waals surface area contributed by atoms with Crippen LogP contribution in [-0.4, -0.2) is 47.6 Å². The number of hydrogen-bond acceptors (Lipinski definition) is 4. The summed E-state index contributed by atoms with van der Waals surface area (Å²) in [6.45, 7) is 1.83. The molecule has 0 aliphatic carbocycles. The first-order valence-corrected chi connectivity index (χ1v) is 8.18. The Kier molecular flexibility index (Phi) is 3.94. The van der Waals surface area contributed by atoms with Gasteiger partial charge in [-0.05, 0) is 40.5 Å². The van der Waals surface area contributed by atoms with Crippen LogP contribution in [0.15, 0.2) is 27.6 Å². The van der Waals surface area contributed by atoms with Crippen molar-refractivity contribution in [1.82, 2.24) is 4.31 Å². The molecule has 1 aliphatic rings. The van der Waals surface area contributed by atoms with Gasteiger partial charge in [0.1, 0.15) is 0 Å². The fourth-order valence-corrected chi connectivity index (χ4v) is 4.53. The first-order valence-electron chi connectivity index (χ1n) is 5.95. The minimum absolute atomic E-state index is 0.0234. The van der Waals surface area contributed by atoms with Crippen molar-refractivity contribution in [2.75, 3.05) is 13.1 Å². The molecule has 8 heteroatoms. The van der Waals surface area contributed by atoms with E-state index in [4.69, 9.17) is 5.11 Å². The van der Waals surface area contributed by atoms with Crippen LogP contribution in [0.25, 0.3) is 0 Å². The number of carboxylic acid groups (broad SMARTS) is 1. The summed E-state index contributed by atoms with van der Waals surface area (Å²) in [5.41, 5.74) is -1.08. The molecule has 1 saturated heterocycles. The minimum atomic E-state index is -3.81. The van der Waals surface area contributed by atoms with Gasteiger partial charge in [-0.2, -0.15) is 4.31 Å². The van der Waals surface area contributed by atoms with Crippen LogP contribution in [-0.2, 0) is 10.0 Å². The molecule has 20 heavy (non-hydrogen) atoms. The van der Waals surface area contributed by atoms with Crippen molar-refractivity contribution in [2.24, 2.45) is 0 Å². The third-order valence-electron chi connectivity index (χ3n) is 3.40. The van der Waals surface area contributed by atoms with E-state index in [-0.39, 0.29) is 23.5 Å². The highest BCUT2D eigenvalue weighted by Crippen LogP contribution is 2.33. The van der Waals surface area contributed by atoms with E-state index in [0.29, 0.717) is 10.9 Å². The molecule has 1 heterocycles. The lowest BCUT2D eigenvalue weighted by Gasteiger charge is -2.44. The van der Waals surface area contributed by atoms with Crippen molar-refractivity contribution >= 4 is 31.9 Å². The van der Waals surface area contributed by atoms with Crippen LogP contribution < -0.4 is 0 Å². The molecule has 1 aromatic carbocycles. The van der Waals surface area contributed by atoms with Gasteiger partial charge in [0.2, 0.25) is 10.0 Å². The van der Waals surface area contributed by atoms with Crippen molar-refractivity contribution in [2.45, 2.75) is 23.8 Å². The van der Waals surface area contributed by atoms with Crippen LogP contribution in [0.2, 0.25) is 0 Å². The monoisotopic (exact) mass is 363 g/mol. The number of aromatic carboxylic acids is 1. The summed E-state index contributed by atoms with van der Waals surface area (Å²) >= 11 is 3.12. The summed E-state index contributed by atoms with van der Waals surface area (Å²) in [7, 11) is -3.81. The lowest BCUT2D eigenvalue weighted by Crippen LogP contribution is -2.62. The van der Waals surface area contributed by atoms with Crippen LogP contribution >= 0.6 is 15.9 Å². The van der Waals surface area contributed by atoms with Crippen LogP contribution in [0, 0.1) is 0 Å². The van der Waals surface area contributed by atoms with E-state index < -0.39 is 21.6 Å². The molecule has 0 aromatic heterocycles. The standard InChI is InChI=1S/C12H14BrNO5S/c1-2-12(17)6-14(7-12)20(18,19)10-5-8(11(15)16)3-4-9(10)13/h3-5,17H,2,6-7H2,1H3,(H,15,16). The average molecular weight is 364 g/mol. The van der Waals surface area contributed by atoms with Gasteiger partial charge in [0.15, 0.2) is 0 Å². The molecular formula is C12H14BrNO5S. The van der Waals surface area contributed by atoms with Crippen LogP contribution in [0.3, 0.4) is 0 Å². The van der Waals surface area contributed by atoms with Gasteiger partial charge in [-0.25, -0.2) is 13.2 Å². The summed E-state index contributed by atoms with van der Waals surface area (Å²) in [6.07, 6.45) is 0.468. The molecule has 0 amide bonds. The van der Waals surface area contributed by atoms with E-state index in [1.54, 1.807) is 6.92 Å². The molecular weight excluding hydrogens is 350 g/mol. The van der Waals surface area contributed by atoms with E-state index in [1.165, 1.54) is 12.1 Å². The highest BCUT2D eigenvalue weighted by Gasteiger charge is 2.46. The van der Waals surface area contributed by atoms with E-state index in [2.05, 4.69) is 15.9 Å². The van der Waals surface area contributed by atoms with Crippen molar-refractivity contribution in [3.05, 3.63) is 28.2 Å². The summed E-state index contributed by atoms with van der Waals surface area (Å²) < 4.78 is 26.3. The van der Waals surface area contributed by atoms with E-state index in [9.17, 15) is 18.3 Å². The van der Waals surface area contributed by atoms with Crippen molar-refractivity contribution in [1.29, 1.82) is 0 Å². The maximum atomic E-state index is 12.4. The smallest absolute Gasteiger partial charge is 0.335 e. The third-order valence-corrected chi connectivity index (χ3v) is 6.18. The molecule has 0 bridgehead atoms. The molecule has 0 atom stereocenters. The van der Waals surface area contributed by atoms with E-state index >= 15 is 0 Å². The van der Waals surface area contributed by atoms with Gasteiger partial charge in [-0.3, -0.25) is 0 Å². The minimum Gasteiger partial charge on any atom is -0.478 e. The molecule has 2 N–H and O–H groups in total. The highest BCUT2D eigenvalue weighted by molar-refractivity contribution is 9.10. The number of halogens is 1. The maximum absolute atomic E-state index is 12.4. The SMILES string of the molecule is CCC1(O)CN(S(=O)(=O)c2cc(C(=O)O)ccc2Br)C1. The topological polar surface area (TPSA) is 94.9 Å². The number of rotatable bonds is 4. The number of aliphatic hydroxyl groups is 1. The Morgan fingerprint density at radius 2 is 2.05 bits per heavy atom. The number of nitrogens with zero attached hydrogens (tertiary/aromatic N) is 1. The lowest BCUT2D eigenvalue weighted by molar-refractivity contribution is -0.0613. The predicted molar refractivity (Wildman–Crippen MR) is 75.1 cm³/mol. The summed E-state index contributed by atoms with van der Waals surface area (Å²) in [6, 6.07) is 3.83. The largest absolute Gasteiger partial charge is 0.478 e. The molecule has 2 rings (SSSR count). The van der Waals surface area contributed by atoms with Crippen LogP contribution in [0.4, 0.5) is 0 Å². The fourth-order valence-electron chi connectivity index (χ4n) is 1.98. The molecule has 110 valence electrons. The Labute approximate surface area is 125 Å². The molecule has 0 saturated carbocycles. The van der Waals surface area contributed by atoms with Gasteiger partial charge in [-0.1, -0.05) is 6.92 Å². The fraction of sp³-hybridized carbons (Fsp3) is 0.417. The number of benzene rings is 1. The molecule has 0 unspecified atom stereocenters. The number of hydrogen-bond donors (Lipinski definition) is 2. The number of sulfonamides is 1. The Hall–Kier alpha value is -0.960. The predicted octanol–water partition coefficient (Wildman–Crippen LogP) is 1.29. The van der Waals surface area contributed by atoms with Crippen molar-refractivity contribution in [3.63, 3.8) is 0 Å². The Balaban J connectivity index is 2.36. The Bertz CT molecular complexity index is 652. The number of carbonyl (C=O) groups is 1. The normalized spacial score (nSPS) is 18.6. The van der Waals surface area contributed by atoms with Crippen molar-refractivity contribution in [3.8, 4) is 0 Å². The quantitative estimate of drug-likeness (QED) is 0.840. The molecule has 6 nitrogen and oxygen atoms in total. The van der Waals surface area contributed by atoms with Gasteiger partial charge < -0.3 is 10.2 Å². The lowest BCUT2D eigenvalue weighted by atomic mass is 9.94. The molecule has 0 radical (unpaired) electrons. The second-order valence-electron chi connectivity index (χ2n) is 4.80. The molecule has 0 spiro atoms. The van der Waals surface area contributed by atoms with Crippen LogP contribution in [0.1, 0.15) is 23.7 Å². The number of β-amino-alcohol motifs (C(OH)–C–C–N with tert-alkyl or cyclic N) is 1. The van der Waals surface area contributed by atoms with E-state index in [0.717, 1.165) is 10.4 Å². The van der Waals surface area contributed by atoms with Gasteiger partial charge in [0.05, 0.1) is 16.1 Å². The summed E-state index contributed by atoms with van der Waals surface area (Å²) in [5.74, 6) is -1.19. The zero-order chi connectivity index (χ0) is 15.1.